The second kappa shape index (κ2) is 14.4. The van der Waals surface area contributed by atoms with Crippen LogP contribution < -0.4 is 5.32 Å². The van der Waals surface area contributed by atoms with Gasteiger partial charge in [0.15, 0.2) is 5.84 Å². The number of aromatic nitrogens is 2. The first-order valence-electron chi connectivity index (χ1n) is 22.6. The first-order valence-corrected chi connectivity index (χ1v) is 22.6. The molecule has 1 aliphatic heterocycles. The molecule has 0 spiro atoms. The normalized spacial score (nSPS) is 14.2. The van der Waals surface area contributed by atoms with Crippen molar-refractivity contribution in [2.45, 2.75) is 6.17 Å². The topological polar surface area (TPSA) is 46.6 Å². The van der Waals surface area contributed by atoms with Crippen molar-refractivity contribution >= 4 is 98.4 Å². The molecule has 0 amide bonds. The van der Waals surface area contributed by atoms with Gasteiger partial charge in [0, 0.05) is 49.3 Å². The van der Waals surface area contributed by atoms with Crippen molar-refractivity contribution in [3.05, 3.63) is 241 Å². The second-order valence-corrected chi connectivity index (χ2v) is 17.4. The quantitative estimate of drug-likeness (QED) is 0.172. The molecular formula is C61H39N5. The molecule has 5 heteroatoms. The number of hydrogen-bond acceptors (Lipinski definition) is 3. The number of nitrogens with zero attached hydrogens (tertiary/aromatic N) is 4. The van der Waals surface area contributed by atoms with Crippen molar-refractivity contribution in [3.63, 3.8) is 0 Å². The summed E-state index contributed by atoms with van der Waals surface area (Å²) in [4.78, 5) is 10.5. The van der Waals surface area contributed by atoms with Gasteiger partial charge in [-0.25, -0.2) is 9.98 Å². The molecule has 66 heavy (non-hydrogen) atoms. The van der Waals surface area contributed by atoms with Crippen LogP contribution in [0.3, 0.4) is 0 Å². The average Bonchev–Trinajstić information content (AvgIpc) is 3.89. The van der Waals surface area contributed by atoms with Crippen LogP contribution in [-0.4, -0.2) is 20.8 Å². The summed E-state index contributed by atoms with van der Waals surface area (Å²) in [5.74, 6) is 1.51. The molecule has 1 N–H and O–H groups in total. The highest BCUT2D eigenvalue weighted by atomic mass is 15.2. The van der Waals surface area contributed by atoms with Crippen LogP contribution in [0, 0.1) is 0 Å². The van der Waals surface area contributed by atoms with Gasteiger partial charge in [0.1, 0.15) is 12.0 Å². The van der Waals surface area contributed by atoms with Crippen molar-refractivity contribution in [2.24, 2.45) is 9.98 Å². The number of rotatable bonds is 5. The van der Waals surface area contributed by atoms with Crippen LogP contribution in [-0.2, 0) is 0 Å². The lowest BCUT2D eigenvalue weighted by Crippen LogP contribution is -2.33. The number of hydrogen-bond donors (Lipinski definition) is 1. The zero-order valence-electron chi connectivity index (χ0n) is 35.7. The zero-order valence-corrected chi connectivity index (χ0v) is 35.7. The van der Waals surface area contributed by atoms with Gasteiger partial charge >= 0.3 is 0 Å². The third kappa shape index (κ3) is 5.60. The first-order chi connectivity index (χ1) is 32.7. The monoisotopic (exact) mass is 841 g/mol. The molecule has 13 aromatic rings. The van der Waals surface area contributed by atoms with Gasteiger partial charge in [-0.2, -0.15) is 0 Å². The molecule has 1 aliphatic rings. The SMILES string of the molecule is c1ccc(C2=NC(c3cc4ccccc4c4ccccc34)NC(c3ccc4cc(-n5c6ccccc6c6cc7cccc(-n8c9ccccc9c9ccccc98)c7cc65)ccc4c3)=N2)cc1. The van der Waals surface area contributed by atoms with E-state index in [1.807, 2.05) is 18.2 Å². The molecule has 1 atom stereocenters. The maximum absolute atomic E-state index is 5.29. The van der Waals surface area contributed by atoms with Crippen LogP contribution >= 0.6 is 0 Å². The van der Waals surface area contributed by atoms with Gasteiger partial charge in [-0.05, 0) is 98.4 Å². The molecule has 5 nitrogen and oxygen atoms in total. The minimum Gasteiger partial charge on any atom is -0.344 e. The van der Waals surface area contributed by atoms with Gasteiger partial charge in [-0.1, -0.05) is 164 Å². The third-order valence-electron chi connectivity index (χ3n) is 13.7. The molecule has 0 bridgehead atoms. The van der Waals surface area contributed by atoms with Crippen LogP contribution in [0.4, 0.5) is 0 Å². The third-order valence-corrected chi connectivity index (χ3v) is 13.7. The molecule has 308 valence electrons. The van der Waals surface area contributed by atoms with Crippen molar-refractivity contribution in [1.82, 2.24) is 14.5 Å². The summed E-state index contributed by atoms with van der Waals surface area (Å²) < 4.78 is 4.87. The van der Waals surface area contributed by atoms with Gasteiger partial charge in [0.2, 0.25) is 0 Å². The van der Waals surface area contributed by atoms with Gasteiger partial charge in [-0.15, -0.1) is 0 Å². The molecule has 3 heterocycles. The van der Waals surface area contributed by atoms with E-state index < -0.39 is 0 Å². The predicted molar refractivity (Wildman–Crippen MR) is 277 cm³/mol. The molecule has 1 unspecified atom stereocenters. The summed E-state index contributed by atoms with van der Waals surface area (Å²) in [6.07, 6.45) is -0.345. The lowest BCUT2D eigenvalue weighted by molar-refractivity contribution is 0.680. The Hall–Kier alpha value is -8.80. The van der Waals surface area contributed by atoms with E-state index in [0.717, 1.165) is 39.0 Å². The van der Waals surface area contributed by atoms with Crippen LogP contribution in [0.1, 0.15) is 22.9 Å². The fourth-order valence-electron chi connectivity index (χ4n) is 10.7. The molecule has 0 fully saturated rings. The Morgan fingerprint density at radius 1 is 0.348 bits per heavy atom. The lowest BCUT2D eigenvalue weighted by Gasteiger charge is -2.25. The van der Waals surface area contributed by atoms with Gasteiger partial charge in [0.25, 0.3) is 0 Å². The van der Waals surface area contributed by atoms with Crippen molar-refractivity contribution < 1.29 is 0 Å². The predicted octanol–water partition coefficient (Wildman–Crippen LogP) is 15.0. The van der Waals surface area contributed by atoms with E-state index in [9.17, 15) is 0 Å². The Labute approximate surface area is 379 Å². The summed E-state index contributed by atoms with van der Waals surface area (Å²) in [7, 11) is 0. The van der Waals surface area contributed by atoms with Gasteiger partial charge in [0.05, 0.1) is 27.8 Å². The molecule has 0 saturated carbocycles. The van der Waals surface area contributed by atoms with E-state index in [1.54, 1.807) is 0 Å². The van der Waals surface area contributed by atoms with E-state index in [2.05, 4.69) is 221 Å². The van der Waals surface area contributed by atoms with Crippen molar-refractivity contribution in [2.75, 3.05) is 0 Å². The Kier molecular flexibility index (Phi) is 7.98. The van der Waals surface area contributed by atoms with Crippen molar-refractivity contribution in [1.29, 1.82) is 0 Å². The highest BCUT2D eigenvalue weighted by Gasteiger charge is 2.24. The van der Waals surface area contributed by atoms with Crippen LogP contribution in [0.15, 0.2) is 234 Å². The number of amidine groups is 2. The summed E-state index contributed by atoms with van der Waals surface area (Å²) in [6.45, 7) is 0. The second-order valence-electron chi connectivity index (χ2n) is 17.4. The molecule has 0 saturated heterocycles. The Balaban J connectivity index is 0.903. The van der Waals surface area contributed by atoms with Crippen LogP contribution in [0.2, 0.25) is 0 Å². The fraction of sp³-hybridized carbons (Fsp3) is 0.0164. The average molecular weight is 842 g/mol. The number of fused-ring (bicyclic) bond motifs is 11. The van der Waals surface area contributed by atoms with Gasteiger partial charge < -0.3 is 14.5 Å². The molecule has 0 radical (unpaired) electrons. The number of benzene rings is 11. The fourth-order valence-corrected chi connectivity index (χ4v) is 10.7. The van der Waals surface area contributed by atoms with E-state index in [-0.39, 0.29) is 6.17 Å². The number of para-hydroxylation sites is 3. The van der Waals surface area contributed by atoms with E-state index in [0.29, 0.717) is 5.84 Å². The lowest BCUT2D eigenvalue weighted by atomic mass is 9.95. The maximum Gasteiger partial charge on any atom is 0.159 e. The zero-order chi connectivity index (χ0) is 43.3. The van der Waals surface area contributed by atoms with E-state index in [4.69, 9.17) is 9.98 Å². The smallest absolute Gasteiger partial charge is 0.159 e. The summed E-state index contributed by atoms with van der Waals surface area (Å²) >= 11 is 0. The van der Waals surface area contributed by atoms with E-state index in [1.165, 1.54) is 81.6 Å². The van der Waals surface area contributed by atoms with Crippen LogP contribution in [0.5, 0.6) is 0 Å². The van der Waals surface area contributed by atoms with E-state index >= 15 is 0 Å². The minimum atomic E-state index is -0.345. The molecule has 0 aliphatic carbocycles. The standard InChI is InChI=1S/C61H39N5/c1-2-15-38(16-3-1)59-62-60(64-61(63-59)53-36-41-17-4-5-19-45(41)46-20-6-7-21-47(46)53)43-30-29-40-34-44(32-31-39(40)33-43)65-54-25-11-10-24-50(54)52-35-42-18-14-28-57(51(42)37-58(52)65)66-55-26-12-8-22-48(55)49-23-9-13-27-56(49)66/h1-37,61H,(H,62,63,64). The summed E-state index contributed by atoms with van der Waals surface area (Å²) in [6, 6.07) is 81.2. The Bertz CT molecular complexity index is 4160. The summed E-state index contributed by atoms with van der Waals surface area (Å²) in [5.41, 5.74) is 10.2. The Morgan fingerprint density at radius 2 is 0.939 bits per heavy atom. The molecule has 2 aromatic heterocycles. The maximum atomic E-state index is 5.29. The molecular weight excluding hydrogens is 803 g/mol. The highest BCUT2D eigenvalue weighted by Crippen LogP contribution is 2.40. The highest BCUT2D eigenvalue weighted by molar-refractivity contribution is 6.18. The summed E-state index contributed by atoms with van der Waals surface area (Å²) in [5, 5.41) is 18.3. The minimum absolute atomic E-state index is 0.345. The largest absolute Gasteiger partial charge is 0.344 e. The first kappa shape index (κ1) is 36.7. The Morgan fingerprint density at radius 3 is 1.71 bits per heavy atom. The van der Waals surface area contributed by atoms with Gasteiger partial charge in [-0.3, -0.25) is 0 Å². The van der Waals surface area contributed by atoms with Crippen molar-refractivity contribution in [3.8, 4) is 11.4 Å². The molecule has 11 aromatic carbocycles. The molecule has 14 rings (SSSR count). The number of nitrogens with one attached hydrogen (secondary N) is 1. The van der Waals surface area contributed by atoms with Crippen LogP contribution in [0.25, 0.3) is 98.1 Å². The number of aliphatic imine (C=N–C) groups is 2.